The van der Waals surface area contributed by atoms with Crippen LogP contribution in [-0.4, -0.2) is 44.9 Å². The number of hydrogen-bond acceptors (Lipinski definition) is 5. The van der Waals surface area contributed by atoms with Crippen LogP contribution < -0.4 is 0 Å². The molecule has 0 spiro atoms. The Kier molecular flexibility index (Phi) is 6.28. The lowest BCUT2D eigenvalue weighted by Crippen LogP contribution is -2.40. The lowest BCUT2D eigenvalue weighted by atomic mass is 9.96. The second-order valence-electron chi connectivity index (χ2n) is 7.38. The molecule has 30 heavy (non-hydrogen) atoms. The number of carbonyl (C=O) groups excluding carboxylic acids is 3. The van der Waals surface area contributed by atoms with Crippen molar-refractivity contribution in [1.29, 1.82) is 0 Å². The van der Waals surface area contributed by atoms with E-state index in [0.29, 0.717) is 11.4 Å². The highest BCUT2D eigenvalue weighted by Gasteiger charge is 2.36. The van der Waals surface area contributed by atoms with Crippen LogP contribution >= 0.6 is 11.8 Å². The molecule has 2 fully saturated rings. The third-order valence-corrected chi connectivity index (χ3v) is 6.32. The molecule has 0 saturated carbocycles. The van der Waals surface area contributed by atoms with Crippen molar-refractivity contribution < 1.29 is 14.4 Å². The molecule has 4 rings (SSSR count). The Balaban J connectivity index is 1.41. The van der Waals surface area contributed by atoms with E-state index in [4.69, 9.17) is 0 Å². The summed E-state index contributed by atoms with van der Waals surface area (Å²) in [5, 5.41) is -0.322. The van der Waals surface area contributed by atoms with Gasteiger partial charge in [-0.3, -0.25) is 24.3 Å². The van der Waals surface area contributed by atoms with E-state index in [1.807, 2.05) is 47.4 Å². The van der Waals surface area contributed by atoms with E-state index in [2.05, 4.69) is 4.98 Å². The number of nitrogens with zero attached hydrogens (tertiary/aromatic N) is 3. The third-order valence-electron chi connectivity index (χ3n) is 5.41. The SMILES string of the molecule is O=C1S/C(=C\c2ccccc2)C(=O)N1CCC(=O)N1CCCCC1c1cccnc1. The molecule has 1 atom stereocenters. The van der Waals surface area contributed by atoms with Crippen LogP contribution in [0.1, 0.15) is 42.9 Å². The van der Waals surface area contributed by atoms with Crippen LogP contribution in [0.4, 0.5) is 4.79 Å². The highest BCUT2D eigenvalue weighted by Crippen LogP contribution is 2.33. The topological polar surface area (TPSA) is 70.6 Å². The van der Waals surface area contributed by atoms with Crippen molar-refractivity contribution in [3.8, 4) is 0 Å². The zero-order chi connectivity index (χ0) is 20.9. The number of aromatic nitrogens is 1. The van der Waals surface area contributed by atoms with E-state index in [1.54, 1.807) is 18.5 Å². The largest absolute Gasteiger partial charge is 0.336 e. The summed E-state index contributed by atoms with van der Waals surface area (Å²) in [6.45, 7) is 0.792. The van der Waals surface area contributed by atoms with Crippen molar-refractivity contribution in [3.63, 3.8) is 0 Å². The summed E-state index contributed by atoms with van der Waals surface area (Å²) in [5.74, 6) is -0.362. The Morgan fingerprint density at radius 1 is 1.13 bits per heavy atom. The van der Waals surface area contributed by atoms with Gasteiger partial charge in [-0.1, -0.05) is 36.4 Å². The standard InChI is InChI=1S/C23H23N3O3S/c27-21(25-13-5-4-10-19(25)18-9-6-12-24-16-18)11-14-26-22(28)20(30-23(26)29)15-17-7-2-1-3-8-17/h1-3,6-9,12,15-16,19H,4-5,10-11,13-14H2/b20-15-. The molecule has 2 saturated heterocycles. The van der Waals surface area contributed by atoms with Crippen LogP contribution in [0.2, 0.25) is 0 Å². The molecule has 3 heterocycles. The monoisotopic (exact) mass is 421 g/mol. The molecule has 1 unspecified atom stereocenters. The molecule has 0 aliphatic carbocycles. The van der Waals surface area contributed by atoms with Crippen molar-refractivity contribution in [2.75, 3.05) is 13.1 Å². The number of rotatable bonds is 5. The Hall–Kier alpha value is -2.93. The van der Waals surface area contributed by atoms with Crippen molar-refractivity contribution in [2.45, 2.75) is 31.7 Å². The molecule has 154 valence electrons. The minimum atomic E-state index is -0.330. The first-order valence-electron chi connectivity index (χ1n) is 10.1. The van der Waals surface area contributed by atoms with Crippen LogP contribution in [0.3, 0.4) is 0 Å². The van der Waals surface area contributed by atoms with Gasteiger partial charge in [0.25, 0.3) is 11.1 Å². The van der Waals surface area contributed by atoms with Gasteiger partial charge in [-0.15, -0.1) is 0 Å². The fraction of sp³-hybridized carbons (Fsp3) is 0.304. The van der Waals surface area contributed by atoms with Gasteiger partial charge in [0.15, 0.2) is 0 Å². The Morgan fingerprint density at radius 2 is 1.97 bits per heavy atom. The predicted molar refractivity (Wildman–Crippen MR) is 116 cm³/mol. The lowest BCUT2D eigenvalue weighted by molar-refractivity contribution is -0.135. The molecular weight excluding hydrogens is 398 g/mol. The predicted octanol–water partition coefficient (Wildman–Crippen LogP) is 4.26. The molecule has 6 nitrogen and oxygen atoms in total. The van der Waals surface area contributed by atoms with E-state index in [9.17, 15) is 14.4 Å². The van der Waals surface area contributed by atoms with Gasteiger partial charge in [-0.05, 0) is 54.3 Å². The fourth-order valence-corrected chi connectivity index (χ4v) is 4.76. The average Bonchev–Trinajstić information content (AvgIpc) is 3.05. The minimum Gasteiger partial charge on any atom is -0.336 e. The number of likely N-dealkylation sites (tertiary alicyclic amines) is 1. The summed E-state index contributed by atoms with van der Waals surface area (Å²) in [6.07, 6.45) is 8.31. The first-order valence-corrected chi connectivity index (χ1v) is 10.9. The summed E-state index contributed by atoms with van der Waals surface area (Å²) in [7, 11) is 0. The molecule has 1 aromatic heterocycles. The van der Waals surface area contributed by atoms with Gasteiger partial charge in [-0.2, -0.15) is 0 Å². The van der Waals surface area contributed by atoms with E-state index < -0.39 is 0 Å². The van der Waals surface area contributed by atoms with Crippen LogP contribution in [-0.2, 0) is 9.59 Å². The van der Waals surface area contributed by atoms with Gasteiger partial charge < -0.3 is 4.90 Å². The zero-order valence-electron chi connectivity index (χ0n) is 16.6. The smallest absolute Gasteiger partial charge is 0.293 e. The van der Waals surface area contributed by atoms with Crippen LogP contribution in [0.15, 0.2) is 59.8 Å². The van der Waals surface area contributed by atoms with E-state index in [-0.39, 0.29) is 36.1 Å². The average molecular weight is 422 g/mol. The molecular formula is C23H23N3O3S. The van der Waals surface area contributed by atoms with E-state index in [0.717, 1.165) is 42.2 Å². The number of carbonyl (C=O) groups is 3. The maximum atomic E-state index is 13.0. The van der Waals surface area contributed by atoms with Crippen LogP contribution in [0.5, 0.6) is 0 Å². The Bertz CT molecular complexity index is 962. The Labute approximate surface area is 180 Å². The number of benzene rings is 1. The van der Waals surface area contributed by atoms with Crippen LogP contribution in [0, 0.1) is 0 Å². The van der Waals surface area contributed by atoms with Crippen molar-refractivity contribution in [1.82, 2.24) is 14.8 Å². The van der Waals surface area contributed by atoms with Gasteiger partial charge in [0.2, 0.25) is 5.91 Å². The normalized spacial score (nSPS) is 20.8. The summed E-state index contributed by atoms with van der Waals surface area (Å²) < 4.78 is 0. The number of thioether (sulfide) groups is 1. The highest BCUT2D eigenvalue weighted by molar-refractivity contribution is 8.18. The van der Waals surface area contributed by atoms with Gasteiger partial charge >= 0.3 is 0 Å². The lowest BCUT2D eigenvalue weighted by Gasteiger charge is -2.36. The van der Waals surface area contributed by atoms with Gasteiger partial charge in [0, 0.05) is 31.9 Å². The minimum absolute atomic E-state index is 0.00726. The zero-order valence-corrected chi connectivity index (χ0v) is 17.4. The van der Waals surface area contributed by atoms with Gasteiger partial charge in [0.05, 0.1) is 10.9 Å². The molecule has 0 N–H and O–H groups in total. The summed E-state index contributed by atoms with van der Waals surface area (Å²) in [6, 6.07) is 13.3. The number of hydrogen-bond donors (Lipinski definition) is 0. The summed E-state index contributed by atoms with van der Waals surface area (Å²) in [4.78, 5) is 45.6. The molecule has 2 aromatic rings. The second-order valence-corrected chi connectivity index (χ2v) is 8.37. The first kappa shape index (κ1) is 20.3. The number of pyridine rings is 1. The molecule has 3 amide bonds. The van der Waals surface area contributed by atoms with Crippen molar-refractivity contribution in [2.24, 2.45) is 0 Å². The molecule has 7 heteroatoms. The van der Waals surface area contributed by atoms with Crippen LogP contribution in [0.25, 0.3) is 6.08 Å². The maximum Gasteiger partial charge on any atom is 0.293 e. The third kappa shape index (κ3) is 4.46. The maximum absolute atomic E-state index is 13.0. The van der Waals surface area contributed by atoms with E-state index in [1.165, 1.54) is 4.90 Å². The van der Waals surface area contributed by atoms with Crippen molar-refractivity contribution >= 4 is 34.9 Å². The Morgan fingerprint density at radius 3 is 2.73 bits per heavy atom. The highest BCUT2D eigenvalue weighted by atomic mass is 32.2. The molecule has 1 aromatic carbocycles. The molecule has 0 bridgehead atoms. The molecule has 2 aliphatic heterocycles. The fourth-order valence-electron chi connectivity index (χ4n) is 3.89. The number of imide groups is 1. The quantitative estimate of drug-likeness (QED) is 0.675. The molecule has 0 radical (unpaired) electrons. The second kappa shape index (κ2) is 9.26. The van der Waals surface area contributed by atoms with Gasteiger partial charge in [-0.25, -0.2) is 0 Å². The van der Waals surface area contributed by atoms with Gasteiger partial charge in [0.1, 0.15) is 0 Å². The molecule has 2 aliphatic rings. The summed E-state index contributed by atoms with van der Waals surface area (Å²) in [5.41, 5.74) is 1.90. The van der Waals surface area contributed by atoms with E-state index >= 15 is 0 Å². The first-order chi connectivity index (χ1) is 14.6. The summed E-state index contributed by atoms with van der Waals surface area (Å²) >= 11 is 0.927. The number of amides is 3. The number of piperidine rings is 1. The van der Waals surface area contributed by atoms with Crippen molar-refractivity contribution in [3.05, 3.63) is 70.9 Å².